The van der Waals surface area contributed by atoms with Gasteiger partial charge in [0, 0.05) is 27.1 Å². The van der Waals surface area contributed by atoms with E-state index in [0.29, 0.717) is 24.2 Å². The molecule has 2 N–H and O–H groups in total. The maximum Gasteiger partial charge on any atom is 0.221 e. The molecule has 0 radical (unpaired) electrons. The van der Waals surface area contributed by atoms with Crippen LogP contribution in [0.4, 0.5) is 10.1 Å². The van der Waals surface area contributed by atoms with Crippen molar-refractivity contribution >= 4 is 11.6 Å². The Hall–Kier alpha value is -1.62. The van der Waals surface area contributed by atoms with Crippen molar-refractivity contribution in [3.8, 4) is 0 Å². The highest BCUT2D eigenvalue weighted by Gasteiger charge is 2.09. The molecular weight excluding hydrogens is 223 g/mol. The second-order valence-corrected chi connectivity index (χ2v) is 3.79. The quantitative estimate of drug-likeness (QED) is 0.803. The van der Waals surface area contributed by atoms with Gasteiger partial charge in [0.1, 0.15) is 5.82 Å². The van der Waals surface area contributed by atoms with Gasteiger partial charge >= 0.3 is 0 Å². The first-order chi connectivity index (χ1) is 8.08. The molecular formula is C12H17FN2O2. The molecule has 0 spiro atoms. The molecule has 1 aromatic rings. The molecule has 0 aliphatic carbocycles. The lowest BCUT2D eigenvalue weighted by Gasteiger charge is -2.19. The Morgan fingerprint density at radius 2 is 2.24 bits per heavy atom. The summed E-state index contributed by atoms with van der Waals surface area (Å²) in [5.41, 5.74) is 0.956. The summed E-state index contributed by atoms with van der Waals surface area (Å²) in [5, 5.41) is 11.4. The Kier molecular flexibility index (Phi) is 4.90. The normalized spacial score (nSPS) is 10.1. The molecule has 17 heavy (non-hydrogen) atoms. The summed E-state index contributed by atoms with van der Waals surface area (Å²) in [4.78, 5) is 12.7. The number of rotatable bonds is 5. The van der Waals surface area contributed by atoms with E-state index in [2.05, 4.69) is 5.32 Å². The van der Waals surface area contributed by atoms with Crippen LogP contribution in [0.5, 0.6) is 0 Å². The van der Waals surface area contributed by atoms with E-state index in [1.54, 1.807) is 31.1 Å². The minimum Gasteiger partial charge on any atom is -0.392 e. The molecule has 0 saturated heterocycles. The van der Waals surface area contributed by atoms with E-state index in [1.807, 2.05) is 0 Å². The fourth-order valence-corrected chi connectivity index (χ4v) is 1.47. The van der Waals surface area contributed by atoms with Crippen LogP contribution < -0.4 is 10.2 Å². The SMILES string of the molecule is CNC(=O)CCN(C)c1ccc(CO)cc1F. The van der Waals surface area contributed by atoms with Crippen LogP contribution in [0.2, 0.25) is 0 Å². The second-order valence-electron chi connectivity index (χ2n) is 3.79. The predicted molar refractivity (Wildman–Crippen MR) is 64.3 cm³/mol. The largest absolute Gasteiger partial charge is 0.392 e. The zero-order valence-electron chi connectivity index (χ0n) is 10.0. The molecule has 0 saturated carbocycles. The van der Waals surface area contributed by atoms with Crippen molar-refractivity contribution in [1.82, 2.24) is 5.32 Å². The third-order valence-corrected chi connectivity index (χ3v) is 2.56. The number of aliphatic hydroxyl groups excluding tert-OH is 1. The first-order valence-corrected chi connectivity index (χ1v) is 5.39. The monoisotopic (exact) mass is 240 g/mol. The average Bonchev–Trinajstić information content (AvgIpc) is 2.35. The van der Waals surface area contributed by atoms with E-state index in [1.165, 1.54) is 6.07 Å². The zero-order chi connectivity index (χ0) is 12.8. The molecule has 0 fully saturated rings. The molecule has 1 rings (SSSR count). The van der Waals surface area contributed by atoms with Crippen molar-refractivity contribution in [3.05, 3.63) is 29.6 Å². The van der Waals surface area contributed by atoms with Crippen LogP contribution in [-0.4, -0.2) is 31.7 Å². The number of nitrogens with zero attached hydrogens (tertiary/aromatic N) is 1. The Balaban J connectivity index is 2.68. The maximum atomic E-state index is 13.6. The molecule has 1 aromatic carbocycles. The molecule has 4 nitrogen and oxygen atoms in total. The van der Waals surface area contributed by atoms with Gasteiger partial charge in [-0.2, -0.15) is 0 Å². The van der Waals surface area contributed by atoms with E-state index in [9.17, 15) is 9.18 Å². The van der Waals surface area contributed by atoms with E-state index in [4.69, 9.17) is 5.11 Å². The summed E-state index contributed by atoms with van der Waals surface area (Å²) in [7, 11) is 3.29. The lowest BCUT2D eigenvalue weighted by atomic mass is 10.2. The minimum absolute atomic E-state index is 0.0794. The molecule has 0 aliphatic heterocycles. The fourth-order valence-electron chi connectivity index (χ4n) is 1.47. The van der Waals surface area contributed by atoms with E-state index in [-0.39, 0.29) is 12.5 Å². The number of hydrogen-bond acceptors (Lipinski definition) is 3. The number of hydrogen-bond donors (Lipinski definition) is 2. The Bertz CT molecular complexity index is 396. The van der Waals surface area contributed by atoms with Gasteiger partial charge in [0.25, 0.3) is 0 Å². The van der Waals surface area contributed by atoms with Crippen molar-refractivity contribution in [2.45, 2.75) is 13.0 Å². The van der Waals surface area contributed by atoms with Crippen LogP contribution in [0, 0.1) is 5.82 Å². The first kappa shape index (κ1) is 13.4. The maximum absolute atomic E-state index is 13.6. The average molecular weight is 240 g/mol. The topological polar surface area (TPSA) is 52.6 Å². The van der Waals surface area contributed by atoms with Crippen molar-refractivity contribution in [3.63, 3.8) is 0 Å². The Morgan fingerprint density at radius 3 is 2.76 bits per heavy atom. The standard InChI is InChI=1S/C12H17FN2O2/c1-14-12(17)5-6-15(2)11-4-3-9(8-16)7-10(11)13/h3-4,7,16H,5-6,8H2,1-2H3,(H,14,17). The van der Waals surface area contributed by atoms with Gasteiger partial charge < -0.3 is 15.3 Å². The number of halogens is 1. The van der Waals surface area contributed by atoms with Crippen LogP contribution in [0.3, 0.4) is 0 Å². The van der Waals surface area contributed by atoms with Crippen LogP contribution >= 0.6 is 0 Å². The third kappa shape index (κ3) is 3.71. The molecule has 1 amide bonds. The lowest BCUT2D eigenvalue weighted by molar-refractivity contribution is -0.120. The fraction of sp³-hybridized carbons (Fsp3) is 0.417. The summed E-state index contributed by atoms with van der Waals surface area (Å²) in [5.74, 6) is -0.472. The van der Waals surface area contributed by atoms with Gasteiger partial charge in [-0.15, -0.1) is 0 Å². The van der Waals surface area contributed by atoms with Gasteiger partial charge in [-0.05, 0) is 17.7 Å². The predicted octanol–water partition coefficient (Wildman–Crippen LogP) is 0.890. The summed E-state index contributed by atoms with van der Waals surface area (Å²) in [6, 6.07) is 4.56. The number of anilines is 1. The second kappa shape index (κ2) is 6.20. The van der Waals surface area contributed by atoms with Crippen molar-refractivity contribution < 1.29 is 14.3 Å². The molecule has 94 valence electrons. The number of nitrogens with one attached hydrogen (secondary N) is 1. The zero-order valence-corrected chi connectivity index (χ0v) is 10.0. The minimum atomic E-state index is -0.393. The summed E-state index contributed by atoms with van der Waals surface area (Å²) < 4.78 is 13.6. The number of aliphatic hydroxyl groups is 1. The Labute approximate surface area is 100 Å². The van der Waals surface area contributed by atoms with Crippen LogP contribution in [0.15, 0.2) is 18.2 Å². The molecule has 0 bridgehead atoms. The van der Waals surface area contributed by atoms with Gasteiger partial charge in [0.05, 0.1) is 12.3 Å². The van der Waals surface area contributed by atoms with Crippen LogP contribution in [0.25, 0.3) is 0 Å². The van der Waals surface area contributed by atoms with E-state index >= 15 is 0 Å². The molecule has 0 aliphatic rings. The number of carbonyl (C=O) groups is 1. The summed E-state index contributed by atoms with van der Waals surface area (Å²) >= 11 is 0. The van der Waals surface area contributed by atoms with Gasteiger partial charge in [0.15, 0.2) is 0 Å². The highest BCUT2D eigenvalue weighted by Crippen LogP contribution is 2.19. The highest BCUT2D eigenvalue weighted by molar-refractivity contribution is 5.76. The molecule has 0 atom stereocenters. The molecule has 5 heteroatoms. The highest BCUT2D eigenvalue weighted by atomic mass is 19.1. The number of amides is 1. The molecule has 0 unspecified atom stereocenters. The smallest absolute Gasteiger partial charge is 0.221 e. The van der Waals surface area contributed by atoms with Gasteiger partial charge in [-0.25, -0.2) is 4.39 Å². The van der Waals surface area contributed by atoms with Crippen LogP contribution in [-0.2, 0) is 11.4 Å². The van der Waals surface area contributed by atoms with E-state index < -0.39 is 5.82 Å². The van der Waals surface area contributed by atoms with Crippen molar-refractivity contribution in [2.75, 3.05) is 25.5 Å². The first-order valence-electron chi connectivity index (χ1n) is 5.39. The van der Waals surface area contributed by atoms with Crippen molar-refractivity contribution in [1.29, 1.82) is 0 Å². The molecule has 0 aromatic heterocycles. The van der Waals surface area contributed by atoms with Gasteiger partial charge in [-0.3, -0.25) is 4.79 Å². The van der Waals surface area contributed by atoms with E-state index in [0.717, 1.165) is 0 Å². The van der Waals surface area contributed by atoms with Crippen LogP contribution in [0.1, 0.15) is 12.0 Å². The number of benzene rings is 1. The van der Waals surface area contributed by atoms with Gasteiger partial charge in [-0.1, -0.05) is 6.07 Å². The van der Waals surface area contributed by atoms with Gasteiger partial charge in [0.2, 0.25) is 5.91 Å². The summed E-state index contributed by atoms with van der Waals surface area (Å²) in [6.07, 6.45) is 0.314. The summed E-state index contributed by atoms with van der Waals surface area (Å²) in [6.45, 7) is 0.258. The number of carbonyl (C=O) groups excluding carboxylic acids is 1. The van der Waals surface area contributed by atoms with Crippen molar-refractivity contribution in [2.24, 2.45) is 0 Å². The third-order valence-electron chi connectivity index (χ3n) is 2.56. The molecule has 0 heterocycles. The lowest BCUT2D eigenvalue weighted by Crippen LogP contribution is -2.26. The Morgan fingerprint density at radius 1 is 1.53 bits per heavy atom.